The zero-order valence-corrected chi connectivity index (χ0v) is 17.4. The molecule has 2 aromatic rings. The lowest BCUT2D eigenvalue weighted by molar-refractivity contribution is 0.568. The van der Waals surface area contributed by atoms with Gasteiger partial charge in [-0.1, -0.05) is 18.2 Å². The Morgan fingerprint density at radius 3 is 1.92 bits per heavy atom. The van der Waals surface area contributed by atoms with E-state index in [-0.39, 0.29) is 4.90 Å². The summed E-state index contributed by atoms with van der Waals surface area (Å²) in [4.78, 5) is 0.156. The summed E-state index contributed by atoms with van der Waals surface area (Å²) in [5, 5.41) is 5.21. The van der Waals surface area contributed by atoms with Crippen LogP contribution in [0.3, 0.4) is 0 Å². The molecule has 1 fully saturated rings. The van der Waals surface area contributed by atoms with Crippen LogP contribution >= 0.6 is 31.9 Å². The Hall–Kier alpha value is -0.950. The van der Waals surface area contributed by atoms with Crippen molar-refractivity contribution in [2.24, 2.45) is 10.6 Å². The minimum atomic E-state index is -3.66. The van der Waals surface area contributed by atoms with E-state index < -0.39 is 10.0 Å². The third-order valence-electron chi connectivity index (χ3n) is 5.22. The highest BCUT2D eigenvalue weighted by Gasteiger charge is 2.48. The number of halogens is 2. The summed E-state index contributed by atoms with van der Waals surface area (Å²) in [5.41, 5.74) is 5.43. The number of nitrogens with two attached hydrogens (primary N) is 1. The summed E-state index contributed by atoms with van der Waals surface area (Å²) in [6, 6.07) is 13.3. The number of rotatable bonds is 3. The fraction of sp³-hybridized carbons (Fsp3) is 0.263. The Morgan fingerprint density at radius 1 is 0.840 bits per heavy atom. The van der Waals surface area contributed by atoms with Gasteiger partial charge in [-0.2, -0.15) is 0 Å². The number of hydrogen-bond acceptors (Lipinski definition) is 2. The zero-order chi connectivity index (χ0) is 17.8. The van der Waals surface area contributed by atoms with E-state index in [1.54, 1.807) is 12.1 Å². The van der Waals surface area contributed by atoms with Crippen LogP contribution in [0.2, 0.25) is 0 Å². The maximum absolute atomic E-state index is 11.5. The van der Waals surface area contributed by atoms with E-state index in [0.717, 1.165) is 27.4 Å². The van der Waals surface area contributed by atoms with Gasteiger partial charge in [0.25, 0.3) is 0 Å². The first-order chi connectivity index (χ1) is 11.8. The fourth-order valence-corrected chi connectivity index (χ4v) is 4.78. The lowest BCUT2D eigenvalue weighted by Crippen LogP contribution is -2.11. The summed E-state index contributed by atoms with van der Waals surface area (Å²) in [6.45, 7) is 0. The molecule has 0 atom stereocenters. The minimum Gasteiger partial charge on any atom is -0.225 e. The van der Waals surface area contributed by atoms with Crippen molar-refractivity contribution in [3.05, 3.63) is 62.5 Å². The summed E-state index contributed by atoms with van der Waals surface area (Å²) < 4.78 is 25.1. The zero-order valence-electron chi connectivity index (χ0n) is 13.4. The molecule has 0 amide bonds. The van der Waals surface area contributed by atoms with E-state index >= 15 is 0 Å². The molecule has 2 aliphatic carbocycles. The average molecular weight is 483 g/mol. The highest BCUT2D eigenvalue weighted by molar-refractivity contribution is 9.13. The highest BCUT2D eigenvalue weighted by Crippen LogP contribution is 2.63. The number of benzene rings is 2. The molecule has 0 radical (unpaired) electrons. The van der Waals surface area contributed by atoms with Gasteiger partial charge < -0.3 is 0 Å². The second-order valence-electron chi connectivity index (χ2n) is 7.01. The molecule has 4 rings (SSSR count). The van der Waals surface area contributed by atoms with Gasteiger partial charge in [-0.3, -0.25) is 0 Å². The summed E-state index contributed by atoms with van der Waals surface area (Å²) in [7, 11) is -3.66. The number of sulfonamides is 1. The molecule has 0 unspecified atom stereocenters. The molecular weight excluding hydrogens is 466 g/mol. The van der Waals surface area contributed by atoms with Crippen molar-refractivity contribution in [1.29, 1.82) is 0 Å². The Morgan fingerprint density at radius 2 is 1.40 bits per heavy atom. The molecule has 1 saturated carbocycles. The molecule has 2 aliphatic rings. The van der Waals surface area contributed by atoms with Gasteiger partial charge >= 0.3 is 0 Å². The molecule has 0 aliphatic heterocycles. The molecule has 0 heterocycles. The van der Waals surface area contributed by atoms with Crippen molar-refractivity contribution >= 4 is 53.0 Å². The Balaban J connectivity index is 1.79. The van der Waals surface area contributed by atoms with E-state index in [9.17, 15) is 8.42 Å². The molecule has 2 aromatic carbocycles. The Kier molecular flexibility index (Phi) is 4.22. The topological polar surface area (TPSA) is 60.2 Å². The van der Waals surface area contributed by atoms with Crippen molar-refractivity contribution in [3.63, 3.8) is 0 Å². The molecular formula is C19H17Br2NO2S. The van der Waals surface area contributed by atoms with Crippen LogP contribution in [-0.4, -0.2) is 8.42 Å². The first-order valence-corrected chi connectivity index (χ1v) is 11.2. The molecule has 0 bridgehead atoms. The van der Waals surface area contributed by atoms with Crippen molar-refractivity contribution < 1.29 is 8.42 Å². The molecule has 6 heteroatoms. The minimum absolute atomic E-state index is 0.156. The number of allylic oxidation sites excluding steroid dienone is 2. The lowest BCUT2D eigenvalue weighted by atomic mass is 9.97. The average Bonchev–Trinajstić information content (AvgIpc) is 3.20. The van der Waals surface area contributed by atoms with Gasteiger partial charge in [-0.25, -0.2) is 13.6 Å². The maximum Gasteiger partial charge on any atom is 0.238 e. The summed E-state index contributed by atoms with van der Waals surface area (Å²) >= 11 is 7.12. The van der Waals surface area contributed by atoms with Crippen LogP contribution in [0.25, 0.3) is 11.1 Å². The van der Waals surface area contributed by atoms with Crippen molar-refractivity contribution in [3.8, 4) is 0 Å². The third-order valence-corrected chi connectivity index (χ3v) is 8.03. The van der Waals surface area contributed by atoms with Gasteiger partial charge in [0.05, 0.1) is 4.90 Å². The van der Waals surface area contributed by atoms with E-state index in [2.05, 4.69) is 50.1 Å². The largest absolute Gasteiger partial charge is 0.238 e. The highest BCUT2D eigenvalue weighted by atomic mass is 79.9. The van der Waals surface area contributed by atoms with Gasteiger partial charge in [-0.05, 0) is 109 Å². The van der Waals surface area contributed by atoms with Crippen LogP contribution in [0.5, 0.6) is 0 Å². The predicted molar refractivity (Wildman–Crippen MR) is 107 cm³/mol. The smallest absolute Gasteiger partial charge is 0.225 e. The van der Waals surface area contributed by atoms with E-state index in [1.165, 1.54) is 29.6 Å². The second-order valence-corrected chi connectivity index (χ2v) is 10.3. The molecule has 0 aromatic heterocycles. The van der Waals surface area contributed by atoms with E-state index in [4.69, 9.17) is 5.14 Å². The van der Waals surface area contributed by atoms with E-state index in [1.807, 2.05) is 12.1 Å². The van der Waals surface area contributed by atoms with Crippen LogP contribution in [0.15, 0.2) is 56.3 Å². The van der Waals surface area contributed by atoms with Gasteiger partial charge in [0, 0.05) is 8.95 Å². The van der Waals surface area contributed by atoms with Gasteiger partial charge in [0.2, 0.25) is 10.0 Å². The quantitative estimate of drug-likeness (QED) is 0.641. The second kappa shape index (κ2) is 6.05. The SMILES string of the molecule is NS(=O)(=O)c1ccc(C2=C(c3ccc(Br)c(Br)c3)CC3(CC3)C2)cc1. The van der Waals surface area contributed by atoms with Gasteiger partial charge in [-0.15, -0.1) is 0 Å². The first-order valence-electron chi connectivity index (χ1n) is 8.08. The van der Waals surface area contributed by atoms with E-state index in [0.29, 0.717) is 5.41 Å². The van der Waals surface area contributed by atoms with Crippen LogP contribution in [0.1, 0.15) is 36.8 Å². The van der Waals surface area contributed by atoms with Gasteiger partial charge in [0.1, 0.15) is 0 Å². The third kappa shape index (κ3) is 3.37. The Bertz CT molecular complexity index is 991. The predicted octanol–water partition coefficient (Wildman–Crippen LogP) is 5.34. The number of hydrogen-bond donors (Lipinski definition) is 1. The monoisotopic (exact) mass is 481 g/mol. The molecule has 1 spiro atoms. The maximum atomic E-state index is 11.5. The van der Waals surface area contributed by atoms with Crippen molar-refractivity contribution in [2.75, 3.05) is 0 Å². The standard InChI is InChI=1S/C19H17Br2NO2S/c20-17-6-3-13(9-18(17)21)16-11-19(7-8-19)10-15(16)12-1-4-14(5-2-12)25(22,23)24/h1-6,9H,7-8,10-11H2,(H2,22,23,24). The van der Waals surface area contributed by atoms with Crippen LogP contribution in [0.4, 0.5) is 0 Å². The normalized spacial score (nSPS) is 18.8. The van der Waals surface area contributed by atoms with Crippen LogP contribution in [0, 0.1) is 5.41 Å². The molecule has 0 saturated heterocycles. The summed E-state index contributed by atoms with van der Waals surface area (Å²) in [6.07, 6.45) is 4.69. The van der Waals surface area contributed by atoms with Crippen LogP contribution in [-0.2, 0) is 10.0 Å². The van der Waals surface area contributed by atoms with Gasteiger partial charge in [0.15, 0.2) is 0 Å². The fourth-order valence-electron chi connectivity index (χ4n) is 3.64. The molecule has 25 heavy (non-hydrogen) atoms. The molecule has 130 valence electrons. The Labute approximate surface area is 164 Å². The first kappa shape index (κ1) is 17.5. The summed E-state index contributed by atoms with van der Waals surface area (Å²) in [5.74, 6) is 0. The number of primary sulfonamides is 1. The molecule has 3 nitrogen and oxygen atoms in total. The lowest BCUT2D eigenvalue weighted by Gasteiger charge is -2.10. The molecule has 2 N–H and O–H groups in total. The van der Waals surface area contributed by atoms with Crippen molar-refractivity contribution in [1.82, 2.24) is 0 Å². The van der Waals surface area contributed by atoms with Crippen LogP contribution < -0.4 is 5.14 Å². The van der Waals surface area contributed by atoms with Crippen molar-refractivity contribution in [2.45, 2.75) is 30.6 Å².